The molecule has 0 bridgehead atoms. The van der Waals surface area contributed by atoms with E-state index in [9.17, 15) is 0 Å². The fourth-order valence-electron chi connectivity index (χ4n) is 15.8. The Balaban J connectivity index is 0.938. The Hall–Kier alpha value is -11.7. The highest BCUT2D eigenvalue weighted by Gasteiger charge is 2.48. The van der Waals surface area contributed by atoms with Crippen LogP contribution in [-0.4, -0.2) is 13.4 Å². The van der Waals surface area contributed by atoms with Gasteiger partial charge in [-0.25, -0.2) is 0 Å². The number of nitrogens with zero attached hydrogens (tertiary/aromatic N) is 4. The maximum atomic E-state index is 2.69. The van der Waals surface area contributed by atoms with Crippen LogP contribution in [0, 0.1) is 0 Å². The lowest BCUT2D eigenvalue weighted by Gasteiger charge is -2.45. The minimum absolute atomic E-state index is 0.125. The molecular weight excluding hydrogens is 1220 g/mol. The number of para-hydroxylation sites is 6. The second kappa shape index (κ2) is 24.2. The zero-order valence-corrected chi connectivity index (χ0v) is 55.0. The molecule has 0 radical (unpaired) electrons. The van der Waals surface area contributed by atoms with E-state index in [1.54, 1.807) is 0 Å². The quantitative estimate of drug-likeness (QED) is 0.112. The van der Waals surface area contributed by atoms with E-state index in [1.165, 1.54) is 52.4 Å². The van der Waals surface area contributed by atoms with Crippen LogP contribution < -0.4 is 52.4 Å². The molecular formula is C90H60B2N4S2. The molecule has 4 heterocycles. The normalized spacial score (nSPS) is 12.7. The summed E-state index contributed by atoms with van der Waals surface area (Å²) in [5.74, 6) is 0. The van der Waals surface area contributed by atoms with Gasteiger partial charge in [0.15, 0.2) is 0 Å². The molecule has 0 spiro atoms. The predicted octanol–water partition coefficient (Wildman–Crippen LogP) is 20.8. The van der Waals surface area contributed by atoms with Crippen molar-refractivity contribution in [1.82, 2.24) is 0 Å². The van der Waals surface area contributed by atoms with E-state index >= 15 is 0 Å². The lowest BCUT2D eigenvalue weighted by atomic mass is 9.31. The van der Waals surface area contributed by atoms with Crippen molar-refractivity contribution >= 4 is 138 Å². The molecule has 0 aromatic heterocycles. The largest absolute Gasteiger partial charge is 0.311 e. The summed E-state index contributed by atoms with van der Waals surface area (Å²) >= 11 is 3.80. The number of anilines is 12. The first-order valence-electron chi connectivity index (χ1n) is 33.6. The minimum Gasteiger partial charge on any atom is -0.311 e. The highest BCUT2D eigenvalue weighted by Crippen LogP contribution is 2.55. The second-order valence-corrected chi connectivity index (χ2v) is 27.6. The van der Waals surface area contributed by atoms with Gasteiger partial charge in [0.2, 0.25) is 13.4 Å². The van der Waals surface area contributed by atoms with Crippen molar-refractivity contribution in [3.05, 3.63) is 364 Å². The molecule has 0 fully saturated rings. The van der Waals surface area contributed by atoms with E-state index in [1.807, 2.05) is 23.5 Å². The SMILES string of the molecule is c1ccc(-c2cccc(-c3ccccc3)c2N(c2ccccc2)c2cc3c4c(c2)N(c2ccccc2)c2cc5c(cc2B4c2ccccc2S3)B2c3ccccc3Sc3cc(N(c4ccccc4)c4ccccc4)cc(c32)N5c2c(-c3ccccc3)cccc2-c2ccccc2)cc1. The van der Waals surface area contributed by atoms with Crippen LogP contribution in [0.4, 0.5) is 68.2 Å². The molecule has 0 N–H and O–H groups in total. The van der Waals surface area contributed by atoms with Gasteiger partial charge in [-0.1, -0.05) is 307 Å². The summed E-state index contributed by atoms with van der Waals surface area (Å²) < 4.78 is 0. The molecule has 19 rings (SSSR count). The van der Waals surface area contributed by atoms with Crippen LogP contribution in [0.25, 0.3) is 44.5 Å². The molecule has 15 aromatic carbocycles. The van der Waals surface area contributed by atoms with E-state index in [-0.39, 0.29) is 13.4 Å². The molecule has 98 heavy (non-hydrogen) atoms. The zero-order valence-electron chi connectivity index (χ0n) is 53.4. The van der Waals surface area contributed by atoms with Gasteiger partial charge in [-0.3, -0.25) is 0 Å². The maximum absolute atomic E-state index is 2.69. The van der Waals surface area contributed by atoms with Gasteiger partial charge in [0.05, 0.1) is 11.4 Å². The maximum Gasteiger partial charge on any atom is 0.249 e. The van der Waals surface area contributed by atoms with Gasteiger partial charge >= 0.3 is 0 Å². The van der Waals surface area contributed by atoms with Gasteiger partial charge in [-0.2, -0.15) is 0 Å². The van der Waals surface area contributed by atoms with Crippen LogP contribution in [0.3, 0.4) is 0 Å². The van der Waals surface area contributed by atoms with E-state index in [4.69, 9.17) is 0 Å². The summed E-state index contributed by atoms with van der Waals surface area (Å²) in [5.41, 5.74) is 30.2. The Bertz CT molecular complexity index is 5380. The molecule has 0 amide bonds. The monoisotopic (exact) mass is 1280 g/mol. The number of benzene rings is 15. The van der Waals surface area contributed by atoms with Crippen molar-refractivity contribution in [3.8, 4) is 44.5 Å². The summed E-state index contributed by atoms with van der Waals surface area (Å²) in [4.78, 5) is 15.3. The van der Waals surface area contributed by atoms with Crippen LogP contribution in [0.2, 0.25) is 0 Å². The number of rotatable bonds is 12. The lowest BCUT2D eigenvalue weighted by Crippen LogP contribution is -2.64. The Morgan fingerprint density at radius 1 is 0.235 bits per heavy atom. The van der Waals surface area contributed by atoms with Crippen LogP contribution in [0.5, 0.6) is 0 Å². The summed E-state index contributed by atoms with van der Waals surface area (Å²) in [7, 11) is 0. The highest BCUT2D eigenvalue weighted by molar-refractivity contribution is 8.00. The Kier molecular flexibility index (Phi) is 14.3. The number of fused-ring (bicyclic) bond motifs is 8. The topological polar surface area (TPSA) is 13.0 Å². The molecule has 4 aliphatic rings. The van der Waals surface area contributed by atoms with Crippen molar-refractivity contribution in [2.45, 2.75) is 19.6 Å². The Morgan fingerprint density at radius 3 is 1.03 bits per heavy atom. The van der Waals surface area contributed by atoms with Gasteiger partial charge in [0, 0.05) is 98.7 Å². The summed E-state index contributed by atoms with van der Waals surface area (Å²) in [5, 5.41) is 0. The second-order valence-electron chi connectivity index (χ2n) is 25.4. The molecule has 458 valence electrons. The lowest BCUT2D eigenvalue weighted by molar-refractivity contribution is 1.21. The summed E-state index contributed by atoms with van der Waals surface area (Å²) in [6.07, 6.45) is 0. The van der Waals surface area contributed by atoms with Gasteiger partial charge in [-0.15, -0.1) is 0 Å². The van der Waals surface area contributed by atoms with E-state index < -0.39 is 0 Å². The summed E-state index contributed by atoms with van der Waals surface area (Å²) in [6.45, 7) is -0.251. The fourth-order valence-corrected chi connectivity index (χ4v) is 18.2. The number of hydrogen-bond donors (Lipinski definition) is 0. The molecule has 0 saturated heterocycles. The van der Waals surface area contributed by atoms with Gasteiger partial charge in [0.25, 0.3) is 0 Å². The van der Waals surface area contributed by atoms with E-state index in [0.29, 0.717) is 0 Å². The number of hydrogen-bond acceptors (Lipinski definition) is 6. The van der Waals surface area contributed by atoms with Crippen molar-refractivity contribution < 1.29 is 0 Å². The first-order valence-corrected chi connectivity index (χ1v) is 35.3. The smallest absolute Gasteiger partial charge is 0.249 e. The first kappa shape index (κ1) is 57.7. The fraction of sp³-hybridized carbons (Fsp3) is 0. The minimum atomic E-state index is -0.126. The average molecular weight is 1280 g/mol. The van der Waals surface area contributed by atoms with Crippen LogP contribution >= 0.6 is 23.5 Å². The molecule has 0 atom stereocenters. The van der Waals surface area contributed by atoms with Crippen molar-refractivity contribution in [2.24, 2.45) is 0 Å². The third-order valence-electron chi connectivity index (χ3n) is 19.9. The first-order chi connectivity index (χ1) is 48.7. The van der Waals surface area contributed by atoms with E-state index in [2.05, 4.69) is 384 Å². The Morgan fingerprint density at radius 2 is 0.582 bits per heavy atom. The van der Waals surface area contributed by atoms with Crippen molar-refractivity contribution in [2.75, 3.05) is 19.6 Å². The molecule has 0 unspecified atom stereocenters. The molecule has 0 saturated carbocycles. The van der Waals surface area contributed by atoms with Gasteiger partial charge in [0.1, 0.15) is 0 Å². The summed E-state index contributed by atoms with van der Waals surface area (Å²) in [6, 6.07) is 135. The Labute approximate surface area is 581 Å². The molecule has 15 aromatic rings. The van der Waals surface area contributed by atoms with Gasteiger partial charge in [-0.05, 0) is 135 Å². The van der Waals surface area contributed by atoms with Crippen LogP contribution in [-0.2, 0) is 0 Å². The predicted molar refractivity (Wildman–Crippen MR) is 417 cm³/mol. The zero-order chi connectivity index (χ0) is 64.6. The standard InChI is InChI=1S/C90H60B2N4S2/c1-9-31-61(32-10-1)71-47-29-48-72(62-33-11-2-12-34-62)89(71)94(67-43-21-7-22-44-67)70-56-81-87-86(58-70)98-83-53-27-25-51-75(83)91(87)77-59-78-80(60-79(77)95(81)68-45-23-8-24-46-68)96(90-73(63-35-13-3-14-36-63)49-30-50-74(90)64-37-15-4-16-38-64)82-55-69(57-85-88(82)92(78)76-52-26-28-54-84(76)97-85)93(65-39-17-5-18-40-65)66-41-19-6-20-42-66/h1-60H. The third kappa shape index (κ3) is 9.65. The van der Waals surface area contributed by atoms with Crippen LogP contribution in [0.15, 0.2) is 384 Å². The molecule has 4 aliphatic heterocycles. The molecule has 4 nitrogen and oxygen atoms in total. The third-order valence-corrected chi connectivity index (χ3v) is 22.2. The molecule has 8 heteroatoms. The highest BCUT2D eigenvalue weighted by atomic mass is 32.2. The van der Waals surface area contributed by atoms with Crippen molar-refractivity contribution in [3.63, 3.8) is 0 Å². The van der Waals surface area contributed by atoms with Crippen LogP contribution in [0.1, 0.15) is 0 Å². The average Bonchev–Trinajstić information content (AvgIpc) is 0.690. The van der Waals surface area contributed by atoms with Gasteiger partial charge < -0.3 is 19.6 Å². The molecule has 0 aliphatic carbocycles. The van der Waals surface area contributed by atoms with Crippen molar-refractivity contribution in [1.29, 1.82) is 0 Å². The van der Waals surface area contributed by atoms with E-state index in [0.717, 1.165) is 113 Å².